The highest BCUT2D eigenvalue weighted by Gasteiger charge is 2.24. The van der Waals surface area contributed by atoms with Crippen molar-refractivity contribution >= 4 is 21.8 Å². The van der Waals surface area contributed by atoms with Crippen LogP contribution in [0.1, 0.15) is 19.4 Å². The molecule has 7 heteroatoms. The van der Waals surface area contributed by atoms with Crippen molar-refractivity contribution < 1.29 is 13.2 Å². The number of methoxy groups -OCH3 is 1. The molecule has 2 N–H and O–H groups in total. The summed E-state index contributed by atoms with van der Waals surface area (Å²) in [5.74, 6) is 0.359. The van der Waals surface area contributed by atoms with Crippen LogP contribution >= 0.6 is 11.8 Å². The molecule has 1 aromatic rings. The first kappa shape index (κ1) is 18.3. The lowest BCUT2D eigenvalue weighted by molar-refractivity contribution is 0.401. The summed E-state index contributed by atoms with van der Waals surface area (Å²) in [6.07, 6.45) is 1.96. The van der Waals surface area contributed by atoms with Gasteiger partial charge in [-0.2, -0.15) is 11.8 Å². The minimum Gasteiger partial charge on any atom is -0.495 e. The van der Waals surface area contributed by atoms with Gasteiger partial charge in [-0.05, 0) is 44.8 Å². The van der Waals surface area contributed by atoms with E-state index < -0.39 is 10.0 Å². The number of thioether (sulfide) groups is 1. The first-order chi connectivity index (χ1) is 9.75. The van der Waals surface area contributed by atoms with Crippen molar-refractivity contribution in [1.82, 2.24) is 10.0 Å². The minimum absolute atomic E-state index is 0.160. The van der Waals surface area contributed by atoms with Crippen molar-refractivity contribution in [3.8, 4) is 5.75 Å². The smallest absolute Gasteiger partial charge is 0.244 e. The normalized spacial score (nSPS) is 12.4. The van der Waals surface area contributed by atoms with E-state index in [1.165, 1.54) is 7.11 Å². The van der Waals surface area contributed by atoms with Gasteiger partial charge in [-0.1, -0.05) is 6.07 Å². The number of hydrogen-bond donors (Lipinski definition) is 2. The van der Waals surface area contributed by atoms with Crippen LogP contribution in [0.25, 0.3) is 0 Å². The van der Waals surface area contributed by atoms with Gasteiger partial charge in [0.25, 0.3) is 0 Å². The van der Waals surface area contributed by atoms with Crippen LogP contribution < -0.4 is 14.8 Å². The molecule has 21 heavy (non-hydrogen) atoms. The Labute approximate surface area is 131 Å². The fourth-order valence-corrected chi connectivity index (χ4v) is 3.34. The molecule has 0 bridgehead atoms. The SMILES string of the molecule is CNCc1ccc(S(=O)(=O)NCC(C)(C)SC)c(OC)c1. The lowest BCUT2D eigenvalue weighted by atomic mass is 10.2. The molecule has 5 nitrogen and oxygen atoms in total. The number of nitrogens with one attached hydrogen (secondary N) is 2. The molecule has 0 atom stereocenters. The molecule has 0 amide bonds. The second kappa shape index (κ2) is 7.49. The van der Waals surface area contributed by atoms with Crippen LogP contribution in [0.2, 0.25) is 0 Å². The lowest BCUT2D eigenvalue weighted by Crippen LogP contribution is -2.36. The Kier molecular flexibility index (Phi) is 6.52. The Morgan fingerprint density at radius 2 is 2.00 bits per heavy atom. The van der Waals surface area contributed by atoms with Crippen molar-refractivity contribution in [3.63, 3.8) is 0 Å². The molecule has 0 aromatic heterocycles. The van der Waals surface area contributed by atoms with E-state index in [2.05, 4.69) is 10.0 Å². The number of sulfonamides is 1. The van der Waals surface area contributed by atoms with Gasteiger partial charge in [0.05, 0.1) is 7.11 Å². The third kappa shape index (κ3) is 5.18. The number of benzene rings is 1. The molecule has 0 aliphatic heterocycles. The molecule has 1 rings (SSSR count). The zero-order chi connectivity index (χ0) is 16.1. The summed E-state index contributed by atoms with van der Waals surface area (Å²) in [6.45, 7) is 5.00. The van der Waals surface area contributed by atoms with Gasteiger partial charge in [0, 0.05) is 17.8 Å². The Morgan fingerprint density at radius 1 is 1.33 bits per heavy atom. The van der Waals surface area contributed by atoms with Gasteiger partial charge < -0.3 is 10.1 Å². The molecule has 120 valence electrons. The van der Waals surface area contributed by atoms with Crippen LogP contribution in [0.5, 0.6) is 5.75 Å². The van der Waals surface area contributed by atoms with Crippen molar-refractivity contribution in [2.24, 2.45) is 0 Å². The van der Waals surface area contributed by atoms with Crippen molar-refractivity contribution in [3.05, 3.63) is 23.8 Å². The minimum atomic E-state index is -3.59. The fourth-order valence-electron chi connectivity index (χ4n) is 1.67. The number of hydrogen-bond acceptors (Lipinski definition) is 5. The Hall–Kier alpha value is -0.760. The van der Waals surface area contributed by atoms with E-state index in [1.807, 2.05) is 27.2 Å². The zero-order valence-electron chi connectivity index (χ0n) is 13.2. The van der Waals surface area contributed by atoms with E-state index in [4.69, 9.17) is 4.74 Å². The third-order valence-electron chi connectivity index (χ3n) is 3.14. The average Bonchev–Trinajstić information content (AvgIpc) is 2.45. The highest BCUT2D eigenvalue weighted by atomic mass is 32.2. The summed E-state index contributed by atoms with van der Waals surface area (Å²) in [6, 6.07) is 5.11. The molecule has 0 radical (unpaired) electrons. The van der Waals surface area contributed by atoms with E-state index in [-0.39, 0.29) is 9.64 Å². The Balaban J connectivity index is 3.02. The van der Waals surface area contributed by atoms with Crippen molar-refractivity contribution in [2.45, 2.75) is 30.0 Å². The lowest BCUT2D eigenvalue weighted by Gasteiger charge is -2.22. The maximum atomic E-state index is 12.4. The molecular weight excluding hydrogens is 308 g/mol. The quantitative estimate of drug-likeness (QED) is 0.760. The summed E-state index contributed by atoms with van der Waals surface area (Å²) >= 11 is 1.62. The highest BCUT2D eigenvalue weighted by Crippen LogP contribution is 2.26. The van der Waals surface area contributed by atoms with Crippen LogP contribution in [-0.2, 0) is 16.6 Å². The molecule has 0 saturated carbocycles. The third-order valence-corrected chi connectivity index (χ3v) is 5.83. The van der Waals surface area contributed by atoms with Gasteiger partial charge in [0.2, 0.25) is 10.0 Å². The van der Waals surface area contributed by atoms with Crippen molar-refractivity contribution in [1.29, 1.82) is 0 Å². The molecule has 0 unspecified atom stereocenters. The van der Waals surface area contributed by atoms with Crippen molar-refractivity contribution in [2.75, 3.05) is 27.0 Å². The predicted molar refractivity (Wildman–Crippen MR) is 88.5 cm³/mol. The van der Waals surface area contributed by atoms with Gasteiger partial charge in [0.15, 0.2) is 0 Å². The largest absolute Gasteiger partial charge is 0.495 e. The maximum Gasteiger partial charge on any atom is 0.244 e. The number of rotatable bonds is 8. The van der Waals surface area contributed by atoms with Crippen LogP contribution in [0.15, 0.2) is 23.1 Å². The van der Waals surface area contributed by atoms with E-state index in [9.17, 15) is 8.42 Å². The van der Waals surface area contributed by atoms with Crippen LogP contribution in [0, 0.1) is 0 Å². The summed E-state index contributed by atoms with van der Waals surface area (Å²) in [5, 5.41) is 3.02. The zero-order valence-corrected chi connectivity index (χ0v) is 14.8. The van der Waals surface area contributed by atoms with Gasteiger partial charge in [-0.25, -0.2) is 13.1 Å². The first-order valence-electron chi connectivity index (χ1n) is 6.62. The van der Waals surface area contributed by atoms with Gasteiger partial charge in [-0.15, -0.1) is 0 Å². The van der Waals surface area contributed by atoms with E-state index in [0.29, 0.717) is 18.8 Å². The molecule has 0 spiro atoms. The van der Waals surface area contributed by atoms with Gasteiger partial charge in [0.1, 0.15) is 10.6 Å². The highest BCUT2D eigenvalue weighted by molar-refractivity contribution is 8.00. The monoisotopic (exact) mass is 332 g/mol. The predicted octanol–water partition coefficient (Wildman–Crippen LogP) is 1.83. The summed E-state index contributed by atoms with van der Waals surface area (Å²) < 4.78 is 32.6. The van der Waals surface area contributed by atoms with E-state index in [1.54, 1.807) is 30.0 Å². The van der Waals surface area contributed by atoms with Crippen LogP contribution in [0.4, 0.5) is 0 Å². The van der Waals surface area contributed by atoms with E-state index >= 15 is 0 Å². The van der Waals surface area contributed by atoms with Gasteiger partial charge in [-0.3, -0.25) is 0 Å². The summed E-state index contributed by atoms with van der Waals surface area (Å²) in [5.41, 5.74) is 0.970. The fraction of sp³-hybridized carbons (Fsp3) is 0.571. The summed E-state index contributed by atoms with van der Waals surface area (Å²) in [4.78, 5) is 0.168. The molecule has 0 aliphatic carbocycles. The molecule has 0 heterocycles. The molecular formula is C14H24N2O3S2. The topological polar surface area (TPSA) is 67.4 Å². The first-order valence-corrected chi connectivity index (χ1v) is 9.33. The Bertz CT molecular complexity index is 572. The second-order valence-corrected chi connectivity index (χ2v) is 8.55. The standard InChI is InChI=1S/C14H24N2O3S2/c1-14(2,20-5)10-16-21(17,18)13-7-6-11(9-15-3)8-12(13)19-4/h6-8,15-16H,9-10H2,1-5H3. The molecule has 0 saturated heterocycles. The number of ether oxygens (including phenoxy) is 1. The van der Waals surface area contributed by atoms with Crippen LogP contribution in [-0.4, -0.2) is 40.1 Å². The van der Waals surface area contributed by atoms with Gasteiger partial charge >= 0.3 is 0 Å². The maximum absolute atomic E-state index is 12.4. The second-order valence-electron chi connectivity index (χ2n) is 5.30. The molecule has 0 aliphatic rings. The molecule has 0 fully saturated rings. The summed E-state index contributed by atoms with van der Waals surface area (Å²) in [7, 11) is -0.275. The van der Waals surface area contributed by atoms with Crippen LogP contribution in [0.3, 0.4) is 0 Å². The average molecular weight is 332 g/mol. The van der Waals surface area contributed by atoms with E-state index in [0.717, 1.165) is 5.56 Å². The molecule has 1 aromatic carbocycles. The Morgan fingerprint density at radius 3 is 2.52 bits per heavy atom.